The van der Waals surface area contributed by atoms with Crippen molar-refractivity contribution in [3.8, 4) is 11.4 Å². The highest BCUT2D eigenvalue weighted by Gasteiger charge is 2.57. The van der Waals surface area contributed by atoms with Crippen LogP contribution in [0.25, 0.3) is 33.5 Å². The molecule has 7 nitrogen and oxygen atoms in total. The molecule has 1 saturated heterocycles. The Balaban J connectivity index is 1.30. The third kappa shape index (κ3) is 2.86. The summed E-state index contributed by atoms with van der Waals surface area (Å²) in [5.41, 5.74) is 7.98. The van der Waals surface area contributed by atoms with Crippen LogP contribution >= 0.6 is 0 Å². The van der Waals surface area contributed by atoms with E-state index < -0.39 is 0 Å². The molecule has 3 aromatic heterocycles. The van der Waals surface area contributed by atoms with Gasteiger partial charge < -0.3 is 14.9 Å². The number of hydrogen-bond donors (Lipinski definition) is 2. The molecule has 2 aliphatic rings. The number of carbonyl (C=O) groups excluding carboxylic acids is 1. The molecule has 0 saturated carbocycles. The van der Waals surface area contributed by atoms with E-state index in [0.29, 0.717) is 5.56 Å². The molecule has 7 rings (SSSR count). The van der Waals surface area contributed by atoms with Crippen molar-refractivity contribution < 1.29 is 4.79 Å². The van der Waals surface area contributed by atoms with Crippen LogP contribution in [0.3, 0.4) is 0 Å². The van der Waals surface area contributed by atoms with E-state index in [0.717, 1.165) is 52.8 Å². The maximum absolute atomic E-state index is 13.8. The first-order valence-corrected chi connectivity index (χ1v) is 12.5. The monoisotopic (exact) mass is 476 g/mol. The molecule has 1 aliphatic carbocycles. The Labute approximate surface area is 209 Å². The summed E-state index contributed by atoms with van der Waals surface area (Å²) in [5, 5.41) is 0. The lowest BCUT2D eigenvalue weighted by molar-refractivity contribution is -0.0261. The molecule has 1 fully saturated rings. The normalized spacial score (nSPS) is 22.6. The van der Waals surface area contributed by atoms with E-state index in [2.05, 4.69) is 57.7 Å². The molecule has 0 radical (unpaired) electrons. The molecule has 180 valence electrons. The summed E-state index contributed by atoms with van der Waals surface area (Å²) in [5.74, 6) is 0.925. The quantitative estimate of drug-likeness (QED) is 0.364. The molecule has 1 aliphatic heterocycles. The summed E-state index contributed by atoms with van der Waals surface area (Å²) in [4.78, 5) is 36.0. The zero-order valence-electron chi connectivity index (χ0n) is 20.7. The first kappa shape index (κ1) is 21.3. The van der Waals surface area contributed by atoms with Crippen LogP contribution in [0.1, 0.15) is 48.7 Å². The van der Waals surface area contributed by atoms with Crippen molar-refractivity contribution in [3.05, 3.63) is 77.9 Å². The second-order valence-corrected chi connectivity index (χ2v) is 11.0. The molecule has 36 heavy (non-hydrogen) atoms. The Bertz CT molecular complexity index is 1650. The van der Waals surface area contributed by atoms with Crippen LogP contribution < -0.4 is 0 Å². The number of hydrogen-bond acceptors (Lipinski definition) is 4. The number of piperidine rings is 1. The van der Waals surface area contributed by atoms with Gasteiger partial charge in [0.25, 0.3) is 5.91 Å². The van der Waals surface area contributed by atoms with Crippen LogP contribution in [0.5, 0.6) is 0 Å². The molecule has 2 aromatic carbocycles. The summed E-state index contributed by atoms with van der Waals surface area (Å²) in [6.45, 7) is 7.78. The number of fused-ring (bicyclic) bond motifs is 6. The third-order valence-electron chi connectivity index (χ3n) is 9.06. The summed E-state index contributed by atoms with van der Waals surface area (Å²) in [6, 6.07) is 14.3. The van der Waals surface area contributed by atoms with Gasteiger partial charge in [-0.1, -0.05) is 20.8 Å². The van der Waals surface area contributed by atoms with Crippen LogP contribution in [0, 0.1) is 5.41 Å². The summed E-state index contributed by atoms with van der Waals surface area (Å²) < 4.78 is 0. The van der Waals surface area contributed by atoms with E-state index in [9.17, 15) is 4.79 Å². The van der Waals surface area contributed by atoms with Gasteiger partial charge in [0.15, 0.2) is 0 Å². The van der Waals surface area contributed by atoms with Crippen molar-refractivity contribution in [1.29, 1.82) is 0 Å². The summed E-state index contributed by atoms with van der Waals surface area (Å²) >= 11 is 0. The predicted octanol–water partition coefficient (Wildman–Crippen LogP) is 5.26. The SMILES string of the molecule is CC1(C)[C@H]2Cc3cc4nc(-c5cccnc5)[nH]c4cc3[C@]1(C)CCN2C(=O)c1ccc2nc[nH]c2c1. The molecule has 5 aromatic rings. The molecule has 0 unspecified atom stereocenters. The second-order valence-electron chi connectivity index (χ2n) is 11.0. The van der Waals surface area contributed by atoms with Gasteiger partial charge in [0, 0.05) is 41.5 Å². The lowest BCUT2D eigenvalue weighted by Gasteiger charge is -2.60. The average molecular weight is 477 g/mol. The Morgan fingerprint density at radius 1 is 1.08 bits per heavy atom. The van der Waals surface area contributed by atoms with Gasteiger partial charge in [-0.05, 0) is 71.8 Å². The van der Waals surface area contributed by atoms with E-state index in [-0.39, 0.29) is 22.8 Å². The maximum atomic E-state index is 13.8. The Hall–Kier alpha value is -4.00. The van der Waals surface area contributed by atoms with Crippen molar-refractivity contribution in [1.82, 2.24) is 29.8 Å². The van der Waals surface area contributed by atoms with Gasteiger partial charge in [0.05, 0.1) is 28.4 Å². The number of amides is 1. The van der Waals surface area contributed by atoms with E-state index in [1.807, 2.05) is 36.5 Å². The number of likely N-dealkylation sites (tertiary alicyclic amines) is 1. The van der Waals surface area contributed by atoms with Crippen LogP contribution in [-0.4, -0.2) is 48.3 Å². The van der Waals surface area contributed by atoms with Crippen molar-refractivity contribution in [2.45, 2.75) is 45.1 Å². The number of rotatable bonds is 2. The number of benzene rings is 2. The first-order chi connectivity index (χ1) is 17.3. The van der Waals surface area contributed by atoms with Crippen molar-refractivity contribution >= 4 is 28.0 Å². The van der Waals surface area contributed by atoms with Crippen LogP contribution in [-0.2, 0) is 11.8 Å². The second kappa shape index (κ2) is 7.26. The number of H-pyrrole nitrogens is 2. The zero-order valence-corrected chi connectivity index (χ0v) is 20.7. The lowest BCUT2D eigenvalue weighted by atomic mass is 9.51. The van der Waals surface area contributed by atoms with Crippen LogP contribution in [0.15, 0.2) is 61.2 Å². The number of imidazole rings is 2. The van der Waals surface area contributed by atoms with Gasteiger partial charge in [0.1, 0.15) is 5.82 Å². The minimum Gasteiger partial charge on any atom is -0.345 e. The number of nitrogens with zero attached hydrogens (tertiary/aromatic N) is 4. The predicted molar refractivity (Wildman–Crippen MR) is 140 cm³/mol. The van der Waals surface area contributed by atoms with E-state index in [1.54, 1.807) is 12.5 Å². The van der Waals surface area contributed by atoms with Gasteiger partial charge in [-0.3, -0.25) is 9.78 Å². The number of aromatic nitrogens is 5. The smallest absolute Gasteiger partial charge is 0.254 e. The molecule has 2 atom stereocenters. The number of nitrogens with one attached hydrogen (secondary N) is 2. The molecule has 2 N–H and O–H groups in total. The Morgan fingerprint density at radius 2 is 1.97 bits per heavy atom. The third-order valence-corrected chi connectivity index (χ3v) is 9.06. The largest absolute Gasteiger partial charge is 0.345 e. The summed E-state index contributed by atoms with van der Waals surface area (Å²) in [6.07, 6.45) is 7.01. The van der Waals surface area contributed by atoms with E-state index >= 15 is 0 Å². The maximum Gasteiger partial charge on any atom is 0.254 e. The van der Waals surface area contributed by atoms with Crippen molar-refractivity contribution in [2.75, 3.05) is 6.54 Å². The molecule has 7 heteroatoms. The molecule has 2 bridgehead atoms. The fourth-order valence-corrected chi connectivity index (χ4v) is 6.53. The minimum absolute atomic E-state index is 0.0525. The van der Waals surface area contributed by atoms with Gasteiger partial charge in [-0.2, -0.15) is 0 Å². The van der Waals surface area contributed by atoms with Crippen molar-refractivity contribution in [2.24, 2.45) is 5.41 Å². The molecular formula is C29H28N6O. The highest BCUT2D eigenvalue weighted by atomic mass is 16.2. The number of carbonyl (C=O) groups is 1. The fraction of sp³-hybridized carbons (Fsp3) is 0.310. The standard InChI is InChI=1S/C29H28N6O/c1-28(2)25-13-19-12-23-24(34-26(33-23)18-5-4-9-30-15-18)14-20(19)29(28,3)8-10-35(25)27(36)17-6-7-21-22(11-17)32-16-31-21/h4-7,9,11-12,14-16,25H,8,10,13H2,1-3H3,(H,31,32)(H,33,34)/t25-,29+/m1/s1. The highest BCUT2D eigenvalue weighted by Crippen LogP contribution is 2.56. The molecule has 0 spiro atoms. The average Bonchev–Trinajstić information content (AvgIpc) is 3.52. The Kier molecular flexibility index (Phi) is 4.29. The number of pyridine rings is 1. The van der Waals surface area contributed by atoms with Gasteiger partial charge >= 0.3 is 0 Å². The topological polar surface area (TPSA) is 90.6 Å². The zero-order chi connectivity index (χ0) is 24.7. The van der Waals surface area contributed by atoms with Gasteiger partial charge in [-0.25, -0.2) is 9.97 Å². The highest BCUT2D eigenvalue weighted by molar-refractivity contribution is 5.97. The van der Waals surface area contributed by atoms with Crippen LogP contribution in [0.2, 0.25) is 0 Å². The first-order valence-electron chi connectivity index (χ1n) is 12.5. The van der Waals surface area contributed by atoms with E-state index in [4.69, 9.17) is 4.98 Å². The lowest BCUT2D eigenvalue weighted by Crippen LogP contribution is -2.64. The number of aromatic amines is 2. The van der Waals surface area contributed by atoms with E-state index in [1.165, 1.54) is 11.1 Å². The minimum atomic E-state index is -0.0914. The van der Waals surface area contributed by atoms with Crippen LogP contribution in [0.4, 0.5) is 0 Å². The fourth-order valence-electron chi connectivity index (χ4n) is 6.53. The molecule has 1 amide bonds. The molecular weight excluding hydrogens is 448 g/mol. The van der Waals surface area contributed by atoms with Gasteiger partial charge in [0.2, 0.25) is 0 Å². The van der Waals surface area contributed by atoms with Gasteiger partial charge in [-0.15, -0.1) is 0 Å². The summed E-state index contributed by atoms with van der Waals surface area (Å²) in [7, 11) is 0. The molecule has 4 heterocycles. The van der Waals surface area contributed by atoms with Crippen molar-refractivity contribution in [3.63, 3.8) is 0 Å². The Morgan fingerprint density at radius 3 is 2.81 bits per heavy atom.